The number of ether oxygens (including phenoxy) is 2. The van der Waals surface area contributed by atoms with Gasteiger partial charge in [0, 0.05) is 39.8 Å². The lowest BCUT2D eigenvalue weighted by atomic mass is 9.90. The zero-order chi connectivity index (χ0) is 46.3. The fourth-order valence-corrected chi connectivity index (χ4v) is 5.82. The molecular formula is C43H81N7O8S. The number of nitrogens with two attached hydrogens (primary N) is 1. The van der Waals surface area contributed by atoms with Crippen molar-refractivity contribution < 1.29 is 38.6 Å². The number of likely N-dealkylation sites (N-methyl/N-ethyl adjacent to an activating group) is 2. The molecule has 6 atom stereocenters. The number of aldehydes is 1. The molecule has 1 aliphatic rings. The molecule has 0 spiro atoms. The Morgan fingerprint density at radius 1 is 1.07 bits per heavy atom. The van der Waals surface area contributed by atoms with Gasteiger partial charge in [-0.15, -0.1) is 0 Å². The topological polar surface area (TPSA) is 208 Å². The number of benzene rings is 1. The monoisotopic (exact) mass is 856 g/mol. The Kier molecular flexibility index (Phi) is 43.3. The maximum atomic E-state index is 13.3. The number of amides is 3. The zero-order valence-electron chi connectivity index (χ0n) is 38.5. The lowest BCUT2D eigenvalue weighted by Gasteiger charge is -2.39. The van der Waals surface area contributed by atoms with Crippen LogP contribution in [-0.2, 0) is 33.4 Å². The van der Waals surface area contributed by atoms with Gasteiger partial charge in [0.05, 0.1) is 43.8 Å². The Balaban J connectivity index is -0.000000431. The number of methoxy groups -OCH3 is 2. The van der Waals surface area contributed by atoms with Crippen LogP contribution in [0.3, 0.4) is 0 Å². The third kappa shape index (κ3) is 31.0. The van der Waals surface area contributed by atoms with Crippen LogP contribution < -0.4 is 16.4 Å². The number of nitrogens with one attached hydrogen (secondary N) is 2. The Morgan fingerprint density at radius 3 is 1.98 bits per heavy atom. The molecule has 5 N–H and O–H groups in total. The van der Waals surface area contributed by atoms with Crippen LogP contribution in [0.5, 0.6) is 0 Å². The number of aryl methyl sites for hydroxylation is 1. The Labute approximate surface area is 362 Å². The highest BCUT2D eigenvalue weighted by Gasteiger charge is 2.40. The average molecular weight is 856 g/mol. The van der Waals surface area contributed by atoms with Crippen LogP contribution >= 0.6 is 12.6 Å². The largest absolute Gasteiger partial charge is 0.480 e. The molecule has 0 aromatic heterocycles. The third-order valence-corrected chi connectivity index (χ3v) is 9.33. The van der Waals surface area contributed by atoms with E-state index in [2.05, 4.69) is 82.0 Å². The maximum Gasteiger partial charge on any atom is 0.317 e. The quantitative estimate of drug-likeness (QED) is 0.0692. The van der Waals surface area contributed by atoms with Crippen LogP contribution in [0.15, 0.2) is 30.3 Å². The summed E-state index contributed by atoms with van der Waals surface area (Å²) in [5.41, 5.74) is 6.67. The van der Waals surface area contributed by atoms with Gasteiger partial charge >= 0.3 is 5.97 Å². The molecular weight excluding hydrogens is 775 g/mol. The predicted octanol–water partition coefficient (Wildman–Crippen LogP) is 4.63. The van der Waals surface area contributed by atoms with Gasteiger partial charge in [-0.25, -0.2) is 0 Å². The molecule has 1 fully saturated rings. The number of thiol groups is 1. The number of rotatable bonds is 20. The Bertz CT molecular complexity index is 1240. The SMILES string of the molecule is CC(C)N(C)CCCN.CCC.CCC(C)C(C(CC(=O)N1CCCC1C(OC)C(C)C=O)OC)N(C)C(=O)CNC=O.CNCC(=O)O.Cc1ccccc1.N#CS. The van der Waals surface area contributed by atoms with Crippen molar-refractivity contribution in [1.82, 2.24) is 25.3 Å². The number of hydrogen-bond donors (Lipinski definition) is 5. The second-order valence-electron chi connectivity index (χ2n) is 14.5. The van der Waals surface area contributed by atoms with Crippen molar-refractivity contribution in [3.8, 4) is 5.40 Å². The van der Waals surface area contributed by atoms with Gasteiger partial charge in [0.25, 0.3) is 0 Å². The second kappa shape index (κ2) is 41.2. The molecule has 16 heteroatoms. The first-order chi connectivity index (χ1) is 27.9. The van der Waals surface area contributed by atoms with E-state index in [1.165, 1.54) is 17.4 Å². The van der Waals surface area contributed by atoms with Gasteiger partial charge in [-0.1, -0.05) is 96.0 Å². The molecule has 1 aliphatic heterocycles. The van der Waals surface area contributed by atoms with Crippen molar-refractivity contribution in [2.24, 2.45) is 17.6 Å². The van der Waals surface area contributed by atoms with E-state index in [-0.39, 0.29) is 61.3 Å². The molecule has 15 nitrogen and oxygen atoms in total. The first-order valence-electron chi connectivity index (χ1n) is 20.5. The number of aliphatic carboxylic acids is 1. The molecule has 0 saturated carbocycles. The molecule has 1 aromatic rings. The number of carbonyl (C=O) groups excluding carboxylic acids is 4. The molecule has 0 aliphatic carbocycles. The van der Waals surface area contributed by atoms with Gasteiger partial charge in [0.1, 0.15) is 11.7 Å². The van der Waals surface area contributed by atoms with E-state index in [9.17, 15) is 24.0 Å². The van der Waals surface area contributed by atoms with Crippen LogP contribution in [0.1, 0.15) is 92.6 Å². The summed E-state index contributed by atoms with van der Waals surface area (Å²) >= 11 is 3.09. The van der Waals surface area contributed by atoms with Crippen LogP contribution in [0.2, 0.25) is 0 Å². The summed E-state index contributed by atoms with van der Waals surface area (Å²) in [5, 5.41) is 21.3. The Morgan fingerprint density at radius 2 is 1.63 bits per heavy atom. The van der Waals surface area contributed by atoms with Gasteiger partial charge in [0.2, 0.25) is 18.2 Å². The fraction of sp³-hybridized carbons (Fsp3) is 0.721. The van der Waals surface area contributed by atoms with Crippen LogP contribution in [0.25, 0.3) is 0 Å². The summed E-state index contributed by atoms with van der Waals surface area (Å²) in [5.74, 6) is -1.37. The fourth-order valence-electron chi connectivity index (χ4n) is 5.82. The number of thiocyanates is 1. The number of carboxylic acids is 1. The molecule has 1 heterocycles. The van der Waals surface area contributed by atoms with Gasteiger partial charge < -0.3 is 50.4 Å². The molecule has 59 heavy (non-hydrogen) atoms. The minimum absolute atomic E-state index is 0.0417. The van der Waals surface area contributed by atoms with Crippen molar-refractivity contribution in [1.29, 1.82) is 5.26 Å². The van der Waals surface area contributed by atoms with Crippen molar-refractivity contribution in [2.45, 2.75) is 124 Å². The minimum atomic E-state index is -0.822. The summed E-state index contributed by atoms with van der Waals surface area (Å²) in [6.07, 6.45) is 5.40. The summed E-state index contributed by atoms with van der Waals surface area (Å²) in [6.45, 7) is 19.0. The van der Waals surface area contributed by atoms with Crippen LogP contribution in [0.4, 0.5) is 0 Å². The van der Waals surface area contributed by atoms with Crippen molar-refractivity contribution in [3.63, 3.8) is 0 Å². The summed E-state index contributed by atoms with van der Waals surface area (Å²) < 4.78 is 11.3. The van der Waals surface area contributed by atoms with E-state index in [1.807, 2.05) is 32.0 Å². The second-order valence-corrected chi connectivity index (χ2v) is 14.7. The Hall–Kier alpha value is -3.59. The molecule has 2 rings (SSSR count). The lowest BCUT2D eigenvalue weighted by molar-refractivity contribution is -0.144. The van der Waals surface area contributed by atoms with Gasteiger partial charge in [-0.05, 0) is 73.1 Å². The smallest absolute Gasteiger partial charge is 0.317 e. The number of nitriles is 1. The van der Waals surface area contributed by atoms with E-state index >= 15 is 0 Å². The number of carbonyl (C=O) groups is 5. The summed E-state index contributed by atoms with van der Waals surface area (Å²) in [4.78, 5) is 62.9. The zero-order valence-corrected chi connectivity index (χ0v) is 39.4. The summed E-state index contributed by atoms with van der Waals surface area (Å²) in [6, 6.07) is 10.4. The lowest BCUT2D eigenvalue weighted by Crippen LogP contribution is -2.53. The minimum Gasteiger partial charge on any atom is -0.480 e. The third-order valence-electron chi connectivity index (χ3n) is 9.33. The first-order valence-corrected chi connectivity index (χ1v) is 20.9. The molecule has 6 unspecified atom stereocenters. The molecule has 0 bridgehead atoms. The average Bonchev–Trinajstić information content (AvgIpc) is 3.70. The molecule has 342 valence electrons. The number of carboxylic acid groups (broad SMARTS) is 1. The maximum absolute atomic E-state index is 13.3. The van der Waals surface area contributed by atoms with Crippen LogP contribution in [-0.4, -0.2) is 149 Å². The molecule has 1 aromatic carbocycles. The summed E-state index contributed by atoms with van der Waals surface area (Å²) in [7, 11) is 8.50. The molecule has 1 saturated heterocycles. The van der Waals surface area contributed by atoms with E-state index in [4.69, 9.17) is 25.6 Å². The van der Waals surface area contributed by atoms with Crippen molar-refractivity contribution in [2.75, 3.05) is 68.1 Å². The standard InChI is InChI=1S/C22H39N3O6.C7H18N2.C7H8.C3H7NO2.C3H8.CHNS/c1-7-15(2)21(24(4)20(29)12-23-14-27)18(30-5)11-19(28)25-10-8-9-17(25)22(31-6)16(3)13-26;1-7(2)9(3)6-4-5-8;1-7-5-3-2-4-6-7;1-4-2-3(5)6;1-3-2;2-1-3/h13-18,21-22H,7-12H2,1-6H3,(H,23,27);7H,4-6,8H2,1-3H3;2-6H,1H3;4H,2H2,1H3,(H,5,6);3H2,1-2H3;3H. The van der Waals surface area contributed by atoms with Gasteiger partial charge in [0.15, 0.2) is 0 Å². The van der Waals surface area contributed by atoms with Crippen LogP contribution in [0, 0.1) is 29.4 Å². The van der Waals surface area contributed by atoms with Gasteiger partial charge in [-0.2, -0.15) is 5.26 Å². The number of hydrogen-bond acceptors (Lipinski definition) is 12. The predicted molar refractivity (Wildman–Crippen MR) is 241 cm³/mol. The van der Waals surface area contributed by atoms with E-state index < -0.39 is 12.1 Å². The van der Waals surface area contributed by atoms with Crippen molar-refractivity contribution in [3.05, 3.63) is 35.9 Å². The highest BCUT2D eigenvalue weighted by Crippen LogP contribution is 2.28. The normalized spacial score (nSPS) is 15.1. The number of likely N-dealkylation sites (tertiary alicyclic amines) is 1. The molecule has 3 amide bonds. The number of nitrogens with zero attached hydrogens (tertiary/aromatic N) is 4. The molecule has 0 radical (unpaired) electrons. The van der Waals surface area contributed by atoms with E-state index in [0.29, 0.717) is 19.0 Å². The highest BCUT2D eigenvalue weighted by molar-refractivity contribution is 7.85. The van der Waals surface area contributed by atoms with Gasteiger partial charge in [-0.3, -0.25) is 19.2 Å². The first kappa shape index (κ1) is 62.1. The van der Waals surface area contributed by atoms with E-state index in [1.54, 1.807) is 45.0 Å². The van der Waals surface area contributed by atoms with Crippen molar-refractivity contribution >= 4 is 43.1 Å². The highest BCUT2D eigenvalue weighted by atomic mass is 32.1. The van der Waals surface area contributed by atoms with E-state index in [0.717, 1.165) is 45.1 Å².